The summed E-state index contributed by atoms with van der Waals surface area (Å²) < 4.78 is 5.93. The fraction of sp³-hybridized carbons (Fsp3) is 0.538. The van der Waals surface area contributed by atoms with E-state index >= 15 is 0 Å². The van der Waals surface area contributed by atoms with E-state index in [1.54, 1.807) is 0 Å². The first-order chi connectivity index (χ1) is 7.32. The maximum Gasteiger partial charge on any atom is 0.172 e. The van der Waals surface area contributed by atoms with E-state index < -0.39 is 9.04 Å². The lowest BCUT2D eigenvalue weighted by atomic mass is 9.84. The molecule has 1 unspecified atom stereocenters. The third-order valence-electron chi connectivity index (χ3n) is 2.40. The minimum Gasteiger partial charge on any atom is -0.404 e. The van der Waals surface area contributed by atoms with Gasteiger partial charge in [-0.25, -0.2) is 0 Å². The Hall–Kier alpha value is -0.123. The van der Waals surface area contributed by atoms with E-state index in [1.807, 2.05) is 0 Å². The van der Waals surface area contributed by atoms with Crippen LogP contribution in [-0.2, 0) is 9.84 Å². The quantitative estimate of drug-likeness (QED) is 0.595. The highest BCUT2D eigenvalue weighted by molar-refractivity contribution is 9.09. The SMILES string of the molecule is C[SiH](C)OC(Br)c1ccccc1C(C)(C)C. The van der Waals surface area contributed by atoms with E-state index in [9.17, 15) is 0 Å². The van der Waals surface area contributed by atoms with Crippen LogP contribution in [0.4, 0.5) is 0 Å². The number of hydrogen-bond acceptors (Lipinski definition) is 1. The van der Waals surface area contributed by atoms with Crippen molar-refractivity contribution in [3.63, 3.8) is 0 Å². The van der Waals surface area contributed by atoms with Crippen LogP contribution in [0.15, 0.2) is 24.3 Å². The highest BCUT2D eigenvalue weighted by Gasteiger charge is 2.21. The molecule has 0 spiro atoms. The molecule has 0 aliphatic carbocycles. The Morgan fingerprint density at radius 1 is 1.19 bits per heavy atom. The van der Waals surface area contributed by atoms with Gasteiger partial charge in [0.15, 0.2) is 9.04 Å². The molecule has 1 nitrogen and oxygen atoms in total. The Morgan fingerprint density at radius 2 is 1.75 bits per heavy atom. The lowest BCUT2D eigenvalue weighted by Crippen LogP contribution is -2.17. The van der Waals surface area contributed by atoms with E-state index in [1.165, 1.54) is 11.1 Å². The van der Waals surface area contributed by atoms with Crippen molar-refractivity contribution in [2.45, 2.75) is 44.3 Å². The first-order valence-electron chi connectivity index (χ1n) is 5.71. The van der Waals surface area contributed by atoms with Crippen LogP contribution in [0.2, 0.25) is 13.1 Å². The molecule has 0 aliphatic rings. The smallest absolute Gasteiger partial charge is 0.172 e. The summed E-state index contributed by atoms with van der Waals surface area (Å²) in [5.41, 5.74) is 2.77. The van der Waals surface area contributed by atoms with Crippen molar-refractivity contribution < 1.29 is 4.43 Å². The van der Waals surface area contributed by atoms with E-state index in [0.717, 1.165) is 0 Å². The normalized spacial score (nSPS) is 14.2. The molecule has 0 N–H and O–H groups in total. The Kier molecular flexibility index (Phi) is 4.77. The maximum atomic E-state index is 5.93. The van der Waals surface area contributed by atoms with Crippen LogP contribution in [0.3, 0.4) is 0 Å². The zero-order chi connectivity index (χ0) is 12.3. The topological polar surface area (TPSA) is 9.23 Å². The van der Waals surface area contributed by atoms with Crippen LogP contribution >= 0.6 is 15.9 Å². The minimum absolute atomic E-state index is 0.0367. The number of halogens is 1. The van der Waals surface area contributed by atoms with Crippen LogP contribution in [0.1, 0.15) is 36.9 Å². The van der Waals surface area contributed by atoms with Gasteiger partial charge in [0, 0.05) is 0 Å². The Morgan fingerprint density at radius 3 is 2.25 bits per heavy atom. The molecule has 0 fully saturated rings. The summed E-state index contributed by atoms with van der Waals surface area (Å²) in [5.74, 6) is 0. The minimum atomic E-state index is -1.02. The summed E-state index contributed by atoms with van der Waals surface area (Å²) in [4.78, 5) is 0. The predicted molar refractivity (Wildman–Crippen MR) is 76.8 cm³/mol. The second-order valence-corrected chi connectivity index (χ2v) is 8.54. The second kappa shape index (κ2) is 5.47. The lowest BCUT2D eigenvalue weighted by Gasteiger charge is -2.26. The van der Waals surface area contributed by atoms with Gasteiger partial charge < -0.3 is 4.43 Å². The summed E-state index contributed by atoms with van der Waals surface area (Å²) in [5, 5.41) is 0.0367. The van der Waals surface area contributed by atoms with Crippen molar-refractivity contribution in [1.82, 2.24) is 0 Å². The van der Waals surface area contributed by atoms with Crippen molar-refractivity contribution in [3.05, 3.63) is 35.4 Å². The van der Waals surface area contributed by atoms with Crippen LogP contribution < -0.4 is 0 Å². The molecule has 16 heavy (non-hydrogen) atoms. The van der Waals surface area contributed by atoms with Crippen molar-refractivity contribution in [3.8, 4) is 0 Å². The second-order valence-electron chi connectivity index (χ2n) is 5.34. The van der Waals surface area contributed by atoms with Crippen molar-refractivity contribution in [1.29, 1.82) is 0 Å². The van der Waals surface area contributed by atoms with Crippen LogP contribution in [0.5, 0.6) is 0 Å². The number of alkyl halides is 1. The number of rotatable bonds is 3. The van der Waals surface area contributed by atoms with Crippen LogP contribution in [0.25, 0.3) is 0 Å². The molecular formula is C13H21BrOSi. The van der Waals surface area contributed by atoms with Crippen LogP contribution in [0, 0.1) is 0 Å². The molecule has 90 valence electrons. The molecule has 1 aromatic rings. The monoisotopic (exact) mass is 300 g/mol. The van der Waals surface area contributed by atoms with Crippen LogP contribution in [-0.4, -0.2) is 9.04 Å². The van der Waals surface area contributed by atoms with Gasteiger partial charge in [0.1, 0.15) is 5.01 Å². The molecule has 0 aliphatic heterocycles. The van der Waals surface area contributed by atoms with Gasteiger partial charge in [0.05, 0.1) is 0 Å². The molecule has 0 heterocycles. The van der Waals surface area contributed by atoms with Crippen molar-refractivity contribution >= 4 is 25.0 Å². The molecule has 0 radical (unpaired) electrons. The third-order valence-corrected chi connectivity index (χ3v) is 4.33. The van der Waals surface area contributed by atoms with Gasteiger partial charge in [0.2, 0.25) is 0 Å². The Labute approximate surface area is 109 Å². The average molecular weight is 301 g/mol. The fourth-order valence-electron chi connectivity index (χ4n) is 1.69. The maximum absolute atomic E-state index is 5.93. The average Bonchev–Trinajstić information content (AvgIpc) is 2.15. The van der Waals surface area contributed by atoms with Gasteiger partial charge in [-0.1, -0.05) is 61.0 Å². The predicted octanol–water partition coefficient (Wildman–Crippen LogP) is 4.38. The highest BCUT2D eigenvalue weighted by Crippen LogP contribution is 2.34. The molecule has 1 aromatic carbocycles. The number of benzene rings is 1. The van der Waals surface area contributed by atoms with Gasteiger partial charge in [0.25, 0.3) is 0 Å². The highest BCUT2D eigenvalue weighted by atomic mass is 79.9. The largest absolute Gasteiger partial charge is 0.404 e. The molecule has 0 saturated heterocycles. The Balaban J connectivity index is 3.04. The fourth-order valence-corrected chi connectivity index (χ4v) is 4.01. The first kappa shape index (κ1) is 13.9. The summed E-state index contributed by atoms with van der Waals surface area (Å²) >= 11 is 3.64. The molecule has 3 heteroatoms. The van der Waals surface area contributed by atoms with E-state index in [4.69, 9.17) is 4.43 Å². The zero-order valence-corrected chi connectivity index (χ0v) is 13.5. The zero-order valence-electron chi connectivity index (χ0n) is 10.8. The summed E-state index contributed by atoms with van der Waals surface area (Å²) in [7, 11) is -1.02. The van der Waals surface area contributed by atoms with Gasteiger partial charge in [-0.05, 0) is 29.6 Å². The Bertz CT molecular complexity index is 344. The molecule has 0 saturated carbocycles. The van der Waals surface area contributed by atoms with Gasteiger partial charge >= 0.3 is 0 Å². The van der Waals surface area contributed by atoms with E-state index in [0.29, 0.717) is 0 Å². The molecule has 0 bridgehead atoms. The summed E-state index contributed by atoms with van der Waals surface area (Å²) in [6, 6.07) is 8.51. The summed E-state index contributed by atoms with van der Waals surface area (Å²) in [6.07, 6.45) is 0. The lowest BCUT2D eigenvalue weighted by molar-refractivity contribution is 0.306. The van der Waals surface area contributed by atoms with Crippen molar-refractivity contribution in [2.24, 2.45) is 0 Å². The van der Waals surface area contributed by atoms with Gasteiger partial charge in [-0.15, -0.1) is 0 Å². The first-order valence-corrected chi connectivity index (χ1v) is 9.41. The molecular weight excluding hydrogens is 280 g/mol. The van der Waals surface area contributed by atoms with E-state index in [-0.39, 0.29) is 10.4 Å². The summed E-state index contributed by atoms with van der Waals surface area (Å²) in [6.45, 7) is 11.1. The standard InChI is InChI=1S/C13H21BrOSi/c1-13(2,3)11-9-7-6-8-10(11)12(14)15-16(4)5/h6-9,12,16H,1-5H3. The van der Waals surface area contributed by atoms with E-state index in [2.05, 4.69) is 74.1 Å². The number of hydrogen-bond donors (Lipinski definition) is 0. The molecule has 1 atom stereocenters. The van der Waals surface area contributed by atoms with Crippen molar-refractivity contribution in [2.75, 3.05) is 0 Å². The molecule has 0 aromatic heterocycles. The van der Waals surface area contributed by atoms with Gasteiger partial charge in [-0.3, -0.25) is 0 Å². The third kappa shape index (κ3) is 3.72. The van der Waals surface area contributed by atoms with Gasteiger partial charge in [-0.2, -0.15) is 0 Å². The molecule has 0 amide bonds. The molecule has 1 rings (SSSR count).